The van der Waals surface area contributed by atoms with Crippen molar-refractivity contribution in [1.29, 1.82) is 5.26 Å². The van der Waals surface area contributed by atoms with E-state index in [-0.39, 0.29) is 12.2 Å². The number of benzene rings is 1. The molecule has 3 rings (SSSR count). The first kappa shape index (κ1) is 20.5. The van der Waals surface area contributed by atoms with E-state index in [0.29, 0.717) is 11.5 Å². The Morgan fingerprint density at radius 3 is 2.43 bits per heavy atom. The van der Waals surface area contributed by atoms with Crippen molar-refractivity contribution in [2.24, 2.45) is 5.92 Å². The van der Waals surface area contributed by atoms with Gasteiger partial charge in [-0.2, -0.15) is 5.26 Å². The second kappa shape index (κ2) is 8.83. The lowest BCUT2D eigenvalue weighted by Gasteiger charge is -2.33. The van der Waals surface area contributed by atoms with Crippen LogP contribution < -0.4 is 4.90 Å². The zero-order valence-electron chi connectivity index (χ0n) is 17.2. The number of hydrogen-bond donors (Lipinski definition) is 0. The van der Waals surface area contributed by atoms with Gasteiger partial charge in [0.25, 0.3) is 0 Å². The molecule has 152 valence electrons. The average molecular weight is 386 g/mol. The Hall–Kier alpha value is -2.26. The van der Waals surface area contributed by atoms with Crippen molar-refractivity contribution in [1.82, 2.24) is 4.90 Å². The smallest absolute Gasteiger partial charge is 0.410 e. The quantitative estimate of drug-likeness (QED) is 0.789. The van der Waals surface area contributed by atoms with Crippen molar-refractivity contribution in [2.75, 3.05) is 37.7 Å². The molecule has 0 N–H and O–H groups in total. The van der Waals surface area contributed by atoms with Gasteiger partial charge < -0.3 is 19.3 Å². The van der Waals surface area contributed by atoms with E-state index >= 15 is 0 Å². The van der Waals surface area contributed by atoms with Crippen LogP contribution in [0.4, 0.5) is 10.5 Å². The van der Waals surface area contributed by atoms with Gasteiger partial charge in [0.15, 0.2) is 0 Å². The van der Waals surface area contributed by atoms with E-state index in [9.17, 15) is 4.79 Å². The predicted octanol–water partition coefficient (Wildman–Crippen LogP) is 3.80. The SMILES string of the molecule is CC(C)(C)OC(=O)N1CCC(COC2CCN(c3ccc(C#N)cc3)C2)CC1. The Bertz CT molecular complexity index is 697. The molecule has 2 aliphatic rings. The number of amides is 1. The van der Waals surface area contributed by atoms with Gasteiger partial charge in [-0.1, -0.05) is 0 Å². The lowest BCUT2D eigenvalue weighted by Crippen LogP contribution is -2.42. The second-order valence-corrected chi connectivity index (χ2v) is 8.76. The normalized spacial score (nSPS) is 20.9. The molecular weight excluding hydrogens is 354 g/mol. The van der Waals surface area contributed by atoms with E-state index in [1.807, 2.05) is 49.9 Å². The molecule has 1 aromatic rings. The molecule has 0 aliphatic carbocycles. The van der Waals surface area contributed by atoms with Gasteiger partial charge >= 0.3 is 6.09 Å². The number of carbonyl (C=O) groups is 1. The number of piperidine rings is 1. The van der Waals surface area contributed by atoms with Crippen LogP contribution >= 0.6 is 0 Å². The highest BCUT2D eigenvalue weighted by Gasteiger charge is 2.29. The van der Waals surface area contributed by atoms with E-state index in [2.05, 4.69) is 11.0 Å². The van der Waals surface area contributed by atoms with Crippen molar-refractivity contribution in [3.63, 3.8) is 0 Å². The Kier molecular flexibility index (Phi) is 6.46. The lowest BCUT2D eigenvalue weighted by molar-refractivity contribution is 0.00249. The maximum absolute atomic E-state index is 12.1. The highest BCUT2D eigenvalue weighted by molar-refractivity contribution is 5.68. The maximum Gasteiger partial charge on any atom is 0.410 e. The van der Waals surface area contributed by atoms with Crippen LogP contribution in [0.25, 0.3) is 0 Å². The van der Waals surface area contributed by atoms with E-state index < -0.39 is 5.60 Å². The van der Waals surface area contributed by atoms with Gasteiger partial charge in [-0.25, -0.2) is 4.79 Å². The average Bonchev–Trinajstić information content (AvgIpc) is 3.14. The predicted molar refractivity (Wildman–Crippen MR) is 108 cm³/mol. The summed E-state index contributed by atoms with van der Waals surface area (Å²) in [5, 5.41) is 8.91. The van der Waals surface area contributed by atoms with Gasteiger partial charge in [0, 0.05) is 38.5 Å². The fourth-order valence-corrected chi connectivity index (χ4v) is 3.73. The van der Waals surface area contributed by atoms with Crippen LogP contribution in [0.2, 0.25) is 0 Å². The number of likely N-dealkylation sites (tertiary alicyclic amines) is 1. The highest BCUT2D eigenvalue weighted by Crippen LogP contribution is 2.25. The first-order chi connectivity index (χ1) is 13.3. The summed E-state index contributed by atoms with van der Waals surface area (Å²) >= 11 is 0. The van der Waals surface area contributed by atoms with Gasteiger partial charge in [0.05, 0.1) is 17.7 Å². The molecule has 0 spiro atoms. The van der Waals surface area contributed by atoms with Crippen LogP contribution in [0.3, 0.4) is 0 Å². The number of ether oxygens (including phenoxy) is 2. The minimum Gasteiger partial charge on any atom is -0.444 e. The Balaban J connectivity index is 1.38. The topological polar surface area (TPSA) is 65.8 Å². The molecule has 2 saturated heterocycles. The fourth-order valence-electron chi connectivity index (χ4n) is 3.73. The molecule has 28 heavy (non-hydrogen) atoms. The monoisotopic (exact) mass is 385 g/mol. The summed E-state index contributed by atoms with van der Waals surface area (Å²) < 4.78 is 11.6. The largest absolute Gasteiger partial charge is 0.444 e. The molecule has 0 bridgehead atoms. The summed E-state index contributed by atoms with van der Waals surface area (Å²) in [4.78, 5) is 16.3. The van der Waals surface area contributed by atoms with Gasteiger partial charge in [0.1, 0.15) is 5.60 Å². The summed E-state index contributed by atoms with van der Waals surface area (Å²) in [5.74, 6) is 0.502. The number of carbonyl (C=O) groups excluding carboxylic acids is 1. The molecule has 1 unspecified atom stereocenters. The van der Waals surface area contributed by atoms with Crippen molar-refractivity contribution in [3.05, 3.63) is 29.8 Å². The van der Waals surface area contributed by atoms with Crippen LogP contribution in [0.15, 0.2) is 24.3 Å². The molecule has 2 aliphatic heterocycles. The molecule has 1 atom stereocenters. The third kappa shape index (κ3) is 5.62. The van der Waals surface area contributed by atoms with Gasteiger partial charge in [-0.3, -0.25) is 0 Å². The van der Waals surface area contributed by atoms with Crippen molar-refractivity contribution < 1.29 is 14.3 Å². The number of nitriles is 1. The van der Waals surface area contributed by atoms with E-state index in [4.69, 9.17) is 14.7 Å². The van der Waals surface area contributed by atoms with Crippen molar-refractivity contribution >= 4 is 11.8 Å². The first-order valence-corrected chi connectivity index (χ1v) is 10.2. The summed E-state index contributed by atoms with van der Waals surface area (Å²) in [6.45, 7) is 9.80. The molecule has 0 saturated carbocycles. The van der Waals surface area contributed by atoms with Gasteiger partial charge in [-0.15, -0.1) is 0 Å². The van der Waals surface area contributed by atoms with E-state index in [1.165, 1.54) is 0 Å². The van der Waals surface area contributed by atoms with Crippen LogP contribution in [-0.2, 0) is 9.47 Å². The minimum atomic E-state index is -0.444. The summed E-state index contributed by atoms with van der Waals surface area (Å²) in [7, 11) is 0. The van der Waals surface area contributed by atoms with Crippen molar-refractivity contribution in [3.8, 4) is 6.07 Å². The summed E-state index contributed by atoms with van der Waals surface area (Å²) in [6.07, 6.45) is 2.99. The van der Waals surface area contributed by atoms with Gasteiger partial charge in [-0.05, 0) is 70.2 Å². The number of hydrogen-bond acceptors (Lipinski definition) is 5. The molecule has 0 aromatic heterocycles. The zero-order chi connectivity index (χ0) is 20.1. The Morgan fingerprint density at radius 1 is 1.14 bits per heavy atom. The van der Waals surface area contributed by atoms with E-state index in [1.54, 1.807) is 0 Å². The number of anilines is 1. The maximum atomic E-state index is 12.1. The Labute approximate surface area is 168 Å². The number of nitrogens with zero attached hydrogens (tertiary/aromatic N) is 3. The molecule has 6 heteroatoms. The molecule has 1 amide bonds. The summed E-state index contributed by atoms with van der Waals surface area (Å²) in [6, 6.07) is 9.90. The van der Waals surface area contributed by atoms with Crippen LogP contribution in [0.1, 0.15) is 45.6 Å². The summed E-state index contributed by atoms with van der Waals surface area (Å²) in [5.41, 5.74) is 1.39. The zero-order valence-corrected chi connectivity index (χ0v) is 17.2. The molecular formula is C22H31N3O3. The van der Waals surface area contributed by atoms with Gasteiger partial charge in [0.2, 0.25) is 0 Å². The minimum absolute atomic E-state index is 0.208. The van der Waals surface area contributed by atoms with Crippen LogP contribution in [0, 0.1) is 17.2 Å². The lowest BCUT2D eigenvalue weighted by atomic mass is 9.98. The third-order valence-corrected chi connectivity index (χ3v) is 5.34. The Morgan fingerprint density at radius 2 is 1.82 bits per heavy atom. The molecule has 0 radical (unpaired) electrons. The van der Waals surface area contributed by atoms with E-state index in [0.717, 1.165) is 57.7 Å². The molecule has 6 nitrogen and oxygen atoms in total. The standard InChI is InChI=1S/C22H31N3O3/c1-22(2,3)28-21(26)24-11-8-18(9-12-24)16-27-20-10-13-25(15-20)19-6-4-17(14-23)5-7-19/h4-7,18,20H,8-13,15-16H2,1-3H3. The molecule has 2 heterocycles. The second-order valence-electron chi connectivity index (χ2n) is 8.76. The highest BCUT2D eigenvalue weighted by atomic mass is 16.6. The fraction of sp³-hybridized carbons (Fsp3) is 0.636. The van der Waals surface area contributed by atoms with Crippen LogP contribution in [0.5, 0.6) is 0 Å². The first-order valence-electron chi connectivity index (χ1n) is 10.2. The molecule has 1 aromatic carbocycles. The molecule has 2 fully saturated rings. The van der Waals surface area contributed by atoms with Crippen molar-refractivity contribution in [2.45, 2.75) is 51.7 Å². The van der Waals surface area contributed by atoms with Crippen LogP contribution in [-0.4, -0.2) is 55.5 Å². The number of rotatable bonds is 4. The third-order valence-electron chi connectivity index (χ3n) is 5.34.